The molecule has 33 heavy (non-hydrogen) atoms. The molecular weight excluding hydrogens is 444 g/mol. The number of hydrogen-bond acceptors (Lipinski definition) is 5. The van der Waals surface area contributed by atoms with E-state index >= 15 is 0 Å². The third-order valence-electron chi connectivity index (χ3n) is 5.26. The number of carboxylic acids is 1. The topological polar surface area (TPSA) is 79.3 Å². The van der Waals surface area contributed by atoms with E-state index < -0.39 is 12.6 Å². The summed E-state index contributed by atoms with van der Waals surface area (Å²) in [4.78, 5) is 28.0. The molecular formula is C25H23ClN2O5. The molecule has 0 saturated heterocycles. The summed E-state index contributed by atoms with van der Waals surface area (Å²) < 4.78 is 11.2. The Morgan fingerprint density at radius 1 is 1.03 bits per heavy atom. The van der Waals surface area contributed by atoms with E-state index in [0.29, 0.717) is 54.0 Å². The normalized spacial score (nSPS) is 12.5. The summed E-state index contributed by atoms with van der Waals surface area (Å²) in [5.41, 5.74) is 2.00. The molecule has 8 heteroatoms. The lowest BCUT2D eigenvalue weighted by atomic mass is 10.1. The lowest BCUT2D eigenvalue weighted by Gasteiger charge is -2.34. The number of rotatable bonds is 8. The van der Waals surface area contributed by atoms with E-state index in [2.05, 4.69) is 4.90 Å². The Morgan fingerprint density at radius 2 is 1.79 bits per heavy atom. The molecule has 3 aromatic carbocycles. The van der Waals surface area contributed by atoms with Crippen LogP contribution in [0.25, 0.3) is 0 Å². The summed E-state index contributed by atoms with van der Waals surface area (Å²) in [6, 6.07) is 21.7. The van der Waals surface area contributed by atoms with Gasteiger partial charge in [0, 0.05) is 18.7 Å². The van der Waals surface area contributed by atoms with Crippen LogP contribution in [0.2, 0.25) is 5.02 Å². The molecule has 0 fully saturated rings. The molecule has 0 bridgehead atoms. The van der Waals surface area contributed by atoms with Crippen LogP contribution < -0.4 is 19.3 Å². The van der Waals surface area contributed by atoms with Crippen molar-refractivity contribution in [2.24, 2.45) is 0 Å². The minimum Gasteiger partial charge on any atom is -0.486 e. The maximum atomic E-state index is 13.4. The van der Waals surface area contributed by atoms with Gasteiger partial charge < -0.3 is 24.4 Å². The lowest BCUT2D eigenvalue weighted by molar-refractivity contribution is -0.139. The highest BCUT2D eigenvalue weighted by Crippen LogP contribution is 2.40. The van der Waals surface area contributed by atoms with Crippen LogP contribution in [0, 0.1) is 0 Å². The second-order valence-electron chi connectivity index (χ2n) is 7.40. The van der Waals surface area contributed by atoms with E-state index in [-0.39, 0.29) is 5.91 Å². The van der Waals surface area contributed by atoms with Gasteiger partial charge in [0.05, 0.1) is 22.9 Å². The van der Waals surface area contributed by atoms with Crippen molar-refractivity contribution in [1.82, 2.24) is 0 Å². The SMILES string of the molecule is O=C(O)COc1cccc2c1OCCN2CCN(C(=O)c1ccccc1)c1ccccc1Cl. The number of nitrogens with zero attached hydrogens (tertiary/aromatic N) is 2. The molecule has 0 aromatic heterocycles. The highest BCUT2D eigenvalue weighted by Gasteiger charge is 2.25. The van der Waals surface area contributed by atoms with Gasteiger partial charge in [-0.05, 0) is 36.4 Å². The van der Waals surface area contributed by atoms with Crippen LogP contribution in [0.1, 0.15) is 10.4 Å². The Kier molecular flexibility index (Phi) is 7.00. The molecule has 1 aliphatic heterocycles. The van der Waals surface area contributed by atoms with Crippen molar-refractivity contribution in [3.05, 3.63) is 83.4 Å². The number of ether oxygens (including phenoxy) is 2. The van der Waals surface area contributed by atoms with E-state index in [1.165, 1.54) is 0 Å². The molecule has 0 aliphatic carbocycles. The number of carbonyl (C=O) groups excluding carboxylic acids is 1. The van der Waals surface area contributed by atoms with Crippen molar-refractivity contribution < 1.29 is 24.2 Å². The molecule has 4 rings (SSSR count). The number of amides is 1. The first-order valence-corrected chi connectivity index (χ1v) is 10.9. The number of carboxylic acid groups (broad SMARTS) is 1. The molecule has 0 atom stereocenters. The molecule has 1 aliphatic rings. The number of aliphatic carboxylic acids is 1. The van der Waals surface area contributed by atoms with Gasteiger partial charge in [0.1, 0.15) is 6.61 Å². The van der Waals surface area contributed by atoms with Crippen molar-refractivity contribution in [3.63, 3.8) is 0 Å². The fourth-order valence-electron chi connectivity index (χ4n) is 3.72. The number of halogens is 1. The monoisotopic (exact) mass is 466 g/mol. The van der Waals surface area contributed by atoms with Crippen LogP contribution in [0.4, 0.5) is 11.4 Å². The maximum Gasteiger partial charge on any atom is 0.341 e. The molecule has 0 saturated carbocycles. The third-order valence-corrected chi connectivity index (χ3v) is 5.58. The highest BCUT2D eigenvalue weighted by molar-refractivity contribution is 6.34. The van der Waals surface area contributed by atoms with Gasteiger partial charge in [0.25, 0.3) is 5.91 Å². The van der Waals surface area contributed by atoms with Crippen molar-refractivity contribution in [2.75, 3.05) is 42.6 Å². The van der Waals surface area contributed by atoms with Gasteiger partial charge in [0.2, 0.25) is 0 Å². The molecule has 170 valence electrons. The predicted octanol–water partition coefficient (Wildman–Crippen LogP) is 4.35. The number of para-hydroxylation sites is 2. The number of fused-ring (bicyclic) bond motifs is 1. The van der Waals surface area contributed by atoms with Gasteiger partial charge in [-0.25, -0.2) is 4.79 Å². The first-order chi connectivity index (χ1) is 16.0. The predicted molar refractivity (Wildman–Crippen MR) is 127 cm³/mol. The van der Waals surface area contributed by atoms with Crippen LogP contribution in [0.3, 0.4) is 0 Å². The summed E-state index contributed by atoms with van der Waals surface area (Å²) in [7, 11) is 0. The Bertz CT molecular complexity index is 1140. The summed E-state index contributed by atoms with van der Waals surface area (Å²) >= 11 is 6.44. The minimum absolute atomic E-state index is 0.143. The molecule has 7 nitrogen and oxygen atoms in total. The van der Waals surface area contributed by atoms with Crippen LogP contribution in [-0.2, 0) is 4.79 Å². The van der Waals surface area contributed by atoms with E-state index in [0.717, 1.165) is 5.69 Å². The zero-order valence-electron chi connectivity index (χ0n) is 17.8. The number of benzene rings is 3. The average Bonchev–Trinajstić information content (AvgIpc) is 2.84. The van der Waals surface area contributed by atoms with E-state index in [9.17, 15) is 9.59 Å². The maximum absolute atomic E-state index is 13.4. The first-order valence-electron chi connectivity index (χ1n) is 10.5. The number of carbonyl (C=O) groups is 2. The van der Waals surface area contributed by atoms with E-state index in [4.69, 9.17) is 26.2 Å². The fourth-order valence-corrected chi connectivity index (χ4v) is 3.96. The van der Waals surface area contributed by atoms with Crippen LogP contribution in [-0.4, -0.2) is 49.8 Å². The first kappa shape index (κ1) is 22.5. The molecule has 3 aromatic rings. The fraction of sp³-hybridized carbons (Fsp3) is 0.200. The molecule has 1 N–H and O–H groups in total. The molecule has 0 radical (unpaired) electrons. The van der Waals surface area contributed by atoms with Gasteiger partial charge in [-0.2, -0.15) is 0 Å². The summed E-state index contributed by atoms with van der Waals surface area (Å²) in [5.74, 6) is -0.322. The lowest BCUT2D eigenvalue weighted by Crippen LogP contribution is -2.42. The third kappa shape index (κ3) is 5.21. The van der Waals surface area contributed by atoms with Crippen LogP contribution in [0.5, 0.6) is 11.5 Å². The number of hydrogen-bond donors (Lipinski definition) is 1. The van der Waals surface area contributed by atoms with Crippen molar-refractivity contribution in [2.45, 2.75) is 0 Å². The molecule has 1 heterocycles. The largest absolute Gasteiger partial charge is 0.486 e. The second-order valence-corrected chi connectivity index (χ2v) is 7.80. The molecule has 1 amide bonds. The summed E-state index contributed by atoms with van der Waals surface area (Å²) in [5, 5.41) is 9.42. The molecule has 0 spiro atoms. The van der Waals surface area contributed by atoms with Gasteiger partial charge in [-0.1, -0.05) is 48.0 Å². The zero-order chi connectivity index (χ0) is 23.2. The van der Waals surface area contributed by atoms with Crippen molar-refractivity contribution in [1.29, 1.82) is 0 Å². The summed E-state index contributed by atoms with van der Waals surface area (Å²) in [6.45, 7) is 1.48. The van der Waals surface area contributed by atoms with Gasteiger partial charge in [-0.3, -0.25) is 4.79 Å². The van der Waals surface area contributed by atoms with Crippen LogP contribution in [0.15, 0.2) is 72.8 Å². The van der Waals surface area contributed by atoms with E-state index in [1.54, 1.807) is 35.2 Å². The van der Waals surface area contributed by atoms with E-state index in [1.807, 2.05) is 42.5 Å². The minimum atomic E-state index is -1.06. The Labute approximate surface area is 196 Å². The zero-order valence-corrected chi connectivity index (χ0v) is 18.6. The van der Waals surface area contributed by atoms with Gasteiger partial charge in [-0.15, -0.1) is 0 Å². The van der Waals surface area contributed by atoms with Crippen LogP contribution >= 0.6 is 11.6 Å². The quantitative estimate of drug-likeness (QED) is 0.531. The molecule has 0 unspecified atom stereocenters. The second kappa shape index (κ2) is 10.3. The standard InChI is InChI=1S/C25H23ClN2O5/c26-19-9-4-5-10-20(19)28(25(31)18-7-2-1-3-8-18)14-13-27-15-16-32-24-21(27)11-6-12-22(24)33-17-23(29)30/h1-12H,13-17H2,(H,29,30). The smallest absolute Gasteiger partial charge is 0.341 e. The van der Waals surface area contributed by atoms with Gasteiger partial charge >= 0.3 is 5.97 Å². The number of anilines is 2. The average molecular weight is 467 g/mol. The Balaban J connectivity index is 1.58. The van der Waals surface area contributed by atoms with Gasteiger partial charge in [0.15, 0.2) is 18.1 Å². The Morgan fingerprint density at radius 3 is 2.55 bits per heavy atom. The highest BCUT2D eigenvalue weighted by atomic mass is 35.5. The van der Waals surface area contributed by atoms with Crippen molar-refractivity contribution in [3.8, 4) is 11.5 Å². The summed E-state index contributed by atoms with van der Waals surface area (Å²) in [6.07, 6.45) is 0. The van der Waals surface area contributed by atoms with Crippen molar-refractivity contribution >= 4 is 34.9 Å². The Hall–Kier alpha value is -3.71.